The molecule has 0 unspecified atom stereocenters. The first-order valence-corrected chi connectivity index (χ1v) is 7.33. The molecule has 0 aliphatic carbocycles. The average Bonchev–Trinajstić information content (AvgIpc) is 2.49. The molecule has 0 atom stereocenters. The molecular formula is C16H24N2O2. The summed E-state index contributed by atoms with van der Waals surface area (Å²) in [7, 11) is 1.57. The number of hydrogen-bond donors (Lipinski definition) is 1. The van der Waals surface area contributed by atoms with Crippen molar-refractivity contribution in [3.63, 3.8) is 0 Å². The second kappa shape index (κ2) is 8.02. The highest BCUT2D eigenvalue weighted by molar-refractivity contribution is 5.77. The molecule has 4 heteroatoms. The Hall–Kier alpha value is -1.39. The number of benzene rings is 1. The quantitative estimate of drug-likeness (QED) is 0.855. The van der Waals surface area contributed by atoms with Crippen LogP contribution in [0.3, 0.4) is 0 Å². The van der Waals surface area contributed by atoms with Gasteiger partial charge < -0.3 is 15.0 Å². The highest BCUT2D eigenvalue weighted by atomic mass is 16.5. The lowest BCUT2D eigenvalue weighted by atomic mass is 10.0. The number of hydrogen-bond acceptors (Lipinski definition) is 3. The Labute approximate surface area is 121 Å². The average molecular weight is 276 g/mol. The smallest absolute Gasteiger partial charge is 0.248 e. The van der Waals surface area contributed by atoms with Crippen LogP contribution in [0.15, 0.2) is 30.3 Å². The monoisotopic (exact) mass is 276 g/mol. The van der Waals surface area contributed by atoms with Crippen LogP contribution >= 0.6 is 0 Å². The minimum absolute atomic E-state index is 0.107. The summed E-state index contributed by atoms with van der Waals surface area (Å²) >= 11 is 0. The Morgan fingerprint density at radius 3 is 2.65 bits per heavy atom. The van der Waals surface area contributed by atoms with Crippen LogP contribution in [0.4, 0.5) is 0 Å². The zero-order valence-electron chi connectivity index (χ0n) is 12.2. The van der Waals surface area contributed by atoms with Crippen LogP contribution in [0.2, 0.25) is 0 Å². The molecule has 1 aromatic rings. The summed E-state index contributed by atoms with van der Waals surface area (Å²) < 4.78 is 4.89. The van der Waals surface area contributed by atoms with Crippen molar-refractivity contribution in [2.75, 3.05) is 33.4 Å². The Morgan fingerprint density at radius 2 is 2.00 bits per heavy atom. The first kappa shape index (κ1) is 15.0. The summed E-state index contributed by atoms with van der Waals surface area (Å²) in [5, 5.41) is 3.59. The molecule has 1 aliphatic heterocycles. The van der Waals surface area contributed by atoms with Gasteiger partial charge in [0.1, 0.15) is 6.61 Å². The molecule has 1 saturated heterocycles. The summed E-state index contributed by atoms with van der Waals surface area (Å²) in [6.45, 7) is 2.88. The fraction of sp³-hybridized carbons (Fsp3) is 0.562. The van der Waals surface area contributed by atoms with Gasteiger partial charge in [0.15, 0.2) is 0 Å². The number of rotatable bonds is 6. The topological polar surface area (TPSA) is 41.6 Å². The van der Waals surface area contributed by atoms with Crippen LogP contribution in [0.25, 0.3) is 0 Å². The van der Waals surface area contributed by atoms with Gasteiger partial charge in [-0.1, -0.05) is 30.3 Å². The summed E-state index contributed by atoms with van der Waals surface area (Å²) in [6, 6.07) is 11.1. The van der Waals surface area contributed by atoms with Crippen molar-refractivity contribution in [1.82, 2.24) is 10.2 Å². The van der Waals surface area contributed by atoms with Crippen LogP contribution in [0.5, 0.6) is 0 Å². The number of amides is 1. The van der Waals surface area contributed by atoms with Crippen molar-refractivity contribution in [1.29, 1.82) is 0 Å². The molecule has 1 amide bonds. The lowest BCUT2D eigenvalue weighted by Gasteiger charge is -2.32. The Kier molecular flexibility index (Phi) is 6.02. The second-order valence-electron chi connectivity index (χ2n) is 5.28. The van der Waals surface area contributed by atoms with Crippen molar-refractivity contribution in [2.45, 2.75) is 25.3 Å². The summed E-state index contributed by atoms with van der Waals surface area (Å²) in [6.07, 6.45) is 3.12. The molecule has 1 fully saturated rings. The number of nitrogens with zero attached hydrogens (tertiary/aromatic N) is 1. The molecule has 110 valence electrons. The molecule has 1 aromatic carbocycles. The molecule has 0 radical (unpaired) electrons. The van der Waals surface area contributed by atoms with E-state index in [0.29, 0.717) is 6.04 Å². The maximum atomic E-state index is 11.7. The largest absolute Gasteiger partial charge is 0.375 e. The van der Waals surface area contributed by atoms with Crippen LogP contribution in [-0.4, -0.2) is 50.2 Å². The van der Waals surface area contributed by atoms with Crippen molar-refractivity contribution >= 4 is 5.91 Å². The predicted molar refractivity (Wildman–Crippen MR) is 79.6 cm³/mol. The van der Waals surface area contributed by atoms with Gasteiger partial charge in [0.25, 0.3) is 0 Å². The fourth-order valence-corrected chi connectivity index (χ4v) is 2.61. The van der Waals surface area contributed by atoms with E-state index in [2.05, 4.69) is 29.6 Å². The zero-order valence-corrected chi connectivity index (χ0v) is 12.2. The van der Waals surface area contributed by atoms with Crippen molar-refractivity contribution in [3.05, 3.63) is 35.9 Å². The standard InChI is InChI=1S/C16H24N2O2/c1-20-13-16(19)18-11-8-15(9-12-18)17-10-7-14-5-3-2-4-6-14/h2-6,15,17H,7-13H2,1H3. The number of carbonyl (C=O) groups excluding carboxylic acids is 1. The third kappa shape index (κ3) is 4.62. The van der Waals surface area contributed by atoms with E-state index >= 15 is 0 Å². The first-order chi connectivity index (χ1) is 9.79. The van der Waals surface area contributed by atoms with Gasteiger partial charge in [-0.2, -0.15) is 0 Å². The minimum Gasteiger partial charge on any atom is -0.375 e. The van der Waals surface area contributed by atoms with E-state index in [4.69, 9.17) is 4.74 Å². The van der Waals surface area contributed by atoms with E-state index in [1.165, 1.54) is 5.56 Å². The molecule has 1 N–H and O–H groups in total. The number of piperidine rings is 1. The predicted octanol–water partition coefficient (Wildman–Crippen LogP) is 1.46. The van der Waals surface area contributed by atoms with Gasteiger partial charge in [-0.15, -0.1) is 0 Å². The van der Waals surface area contributed by atoms with Gasteiger partial charge in [-0.05, 0) is 31.4 Å². The third-order valence-corrected chi connectivity index (χ3v) is 3.80. The van der Waals surface area contributed by atoms with Crippen LogP contribution in [0.1, 0.15) is 18.4 Å². The second-order valence-corrected chi connectivity index (χ2v) is 5.28. The van der Waals surface area contributed by atoms with E-state index in [1.54, 1.807) is 7.11 Å². The molecule has 20 heavy (non-hydrogen) atoms. The number of likely N-dealkylation sites (tertiary alicyclic amines) is 1. The SMILES string of the molecule is COCC(=O)N1CCC(NCCc2ccccc2)CC1. The molecule has 1 aliphatic rings. The van der Waals surface area contributed by atoms with E-state index in [0.717, 1.165) is 38.9 Å². The van der Waals surface area contributed by atoms with Gasteiger partial charge >= 0.3 is 0 Å². The summed E-state index contributed by atoms with van der Waals surface area (Å²) in [4.78, 5) is 13.6. The van der Waals surface area contributed by atoms with Gasteiger partial charge in [0.05, 0.1) is 0 Å². The first-order valence-electron chi connectivity index (χ1n) is 7.33. The molecule has 1 heterocycles. The maximum absolute atomic E-state index is 11.7. The molecule has 0 aromatic heterocycles. The van der Waals surface area contributed by atoms with Crippen LogP contribution < -0.4 is 5.32 Å². The zero-order chi connectivity index (χ0) is 14.2. The molecular weight excluding hydrogens is 252 g/mol. The number of methoxy groups -OCH3 is 1. The number of ether oxygens (including phenoxy) is 1. The van der Waals surface area contributed by atoms with Gasteiger partial charge in [0, 0.05) is 26.2 Å². The fourth-order valence-electron chi connectivity index (χ4n) is 2.61. The van der Waals surface area contributed by atoms with Crippen LogP contribution in [-0.2, 0) is 16.0 Å². The molecule has 0 spiro atoms. The molecule has 0 bridgehead atoms. The molecule has 0 saturated carbocycles. The van der Waals surface area contributed by atoms with Crippen molar-refractivity contribution in [3.8, 4) is 0 Å². The van der Waals surface area contributed by atoms with Gasteiger partial charge in [-0.25, -0.2) is 0 Å². The van der Waals surface area contributed by atoms with E-state index < -0.39 is 0 Å². The van der Waals surface area contributed by atoms with Crippen molar-refractivity contribution in [2.24, 2.45) is 0 Å². The molecule has 2 rings (SSSR count). The summed E-state index contributed by atoms with van der Waals surface area (Å²) in [5.41, 5.74) is 1.37. The van der Waals surface area contributed by atoms with Crippen molar-refractivity contribution < 1.29 is 9.53 Å². The minimum atomic E-state index is 0.107. The maximum Gasteiger partial charge on any atom is 0.248 e. The van der Waals surface area contributed by atoms with Crippen LogP contribution in [0, 0.1) is 0 Å². The van der Waals surface area contributed by atoms with Gasteiger partial charge in [0.2, 0.25) is 5.91 Å². The normalized spacial score (nSPS) is 16.4. The number of nitrogens with one attached hydrogen (secondary N) is 1. The highest BCUT2D eigenvalue weighted by Gasteiger charge is 2.21. The van der Waals surface area contributed by atoms with Gasteiger partial charge in [-0.3, -0.25) is 4.79 Å². The highest BCUT2D eigenvalue weighted by Crippen LogP contribution is 2.10. The lowest BCUT2D eigenvalue weighted by molar-refractivity contribution is -0.136. The van der Waals surface area contributed by atoms with E-state index in [1.807, 2.05) is 11.0 Å². The lowest BCUT2D eigenvalue weighted by Crippen LogP contribution is -2.46. The Bertz CT molecular complexity index is 400. The Balaban J connectivity index is 1.63. The molecule has 4 nitrogen and oxygen atoms in total. The number of carbonyl (C=O) groups is 1. The van der Waals surface area contributed by atoms with E-state index in [9.17, 15) is 4.79 Å². The summed E-state index contributed by atoms with van der Waals surface area (Å²) in [5.74, 6) is 0.107. The third-order valence-electron chi connectivity index (χ3n) is 3.80. The Morgan fingerprint density at radius 1 is 1.30 bits per heavy atom. The van der Waals surface area contributed by atoms with E-state index in [-0.39, 0.29) is 12.5 Å².